The van der Waals surface area contributed by atoms with Gasteiger partial charge in [0.1, 0.15) is 5.75 Å². The molecule has 1 aliphatic rings. The molecule has 2 rings (SSSR count). The molecule has 4 heteroatoms. The number of hydrogen-bond donors (Lipinski definition) is 1. The van der Waals surface area contributed by atoms with Crippen molar-refractivity contribution in [2.45, 2.75) is 19.8 Å². The van der Waals surface area contributed by atoms with Gasteiger partial charge in [-0.25, -0.2) is 0 Å². The van der Waals surface area contributed by atoms with Gasteiger partial charge in [-0.2, -0.15) is 0 Å². The van der Waals surface area contributed by atoms with Crippen molar-refractivity contribution in [1.29, 1.82) is 0 Å². The minimum Gasteiger partial charge on any atom is -0.497 e. The van der Waals surface area contributed by atoms with Crippen LogP contribution in [0, 0.1) is 5.92 Å². The molecule has 1 aromatic carbocycles. The van der Waals surface area contributed by atoms with Crippen LogP contribution in [0.25, 0.3) is 0 Å². The van der Waals surface area contributed by atoms with E-state index in [2.05, 4.69) is 28.9 Å². The largest absolute Gasteiger partial charge is 0.497 e. The molecule has 1 aromatic rings. The van der Waals surface area contributed by atoms with Gasteiger partial charge in [0.15, 0.2) is 0 Å². The summed E-state index contributed by atoms with van der Waals surface area (Å²) in [4.78, 5) is 5.02. The minimum absolute atomic E-state index is 0.685. The second-order valence-electron chi connectivity index (χ2n) is 5.83. The first-order valence-corrected chi connectivity index (χ1v) is 8.08. The number of rotatable bonds is 7. The quantitative estimate of drug-likeness (QED) is 0.836. The highest BCUT2D eigenvalue weighted by Gasteiger charge is 2.17. The lowest BCUT2D eigenvalue weighted by Gasteiger charge is -2.36. The predicted octanol–water partition coefficient (Wildman–Crippen LogP) is 2.19. The molecule has 0 saturated carbocycles. The van der Waals surface area contributed by atoms with Crippen molar-refractivity contribution in [3.8, 4) is 5.75 Å². The van der Waals surface area contributed by atoms with Crippen LogP contribution in [0.2, 0.25) is 0 Å². The fourth-order valence-corrected chi connectivity index (χ4v) is 2.88. The summed E-state index contributed by atoms with van der Waals surface area (Å²) in [6.45, 7) is 8.74. The van der Waals surface area contributed by atoms with Crippen LogP contribution in [0.3, 0.4) is 0 Å². The average Bonchev–Trinajstić information content (AvgIpc) is 2.56. The number of hydrogen-bond acceptors (Lipinski definition) is 4. The first-order valence-electron chi connectivity index (χ1n) is 8.08. The number of piperazine rings is 1. The number of nitrogens with zero attached hydrogens (tertiary/aromatic N) is 2. The monoisotopic (exact) mass is 291 g/mol. The molecule has 1 fully saturated rings. The highest BCUT2D eigenvalue weighted by Crippen LogP contribution is 2.20. The van der Waals surface area contributed by atoms with Gasteiger partial charge < -0.3 is 15.4 Å². The van der Waals surface area contributed by atoms with Gasteiger partial charge in [0.2, 0.25) is 0 Å². The Hall–Kier alpha value is -1.26. The van der Waals surface area contributed by atoms with E-state index >= 15 is 0 Å². The van der Waals surface area contributed by atoms with Crippen molar-refractivity contribution < 1.29 is 4.74 Å². The molecule has 1 unspecified atom stereocenters. The zero-order chi connectivity index (χ0) is 15.1. The Morgan fingerprint density at radius 3 is 2.33 bits per heavy atom. The number of ether oxygens (including phenoxy) is 1. The molecule has 1 saturated heterocycles. The molecule has 2 N–H and O–H groups in total. The van der Waals surface area contributed by atoms with Crippen LogP contribution in [0.1, 0.15) is 19.8 Å². The zero-order valence-electron chi connectivity index (χ0n) is 13.4. The Labute approximate surface area is 128 Å². The van der Waals surface area contributed by atoms with Crippen LogP contribution in [-0.2, 0) is 0 Å². The van der Waals surface area contributed by atoms with E-state index in [1.807, 2.05) is 12.1 Å². The van der Waals surface area contributed by atoms with Crippen molar-refractivity contribution in [2.75, 3.05) is 51.3 Å². The summed E-state index contributed by atoms with van der Waals surface area (Å²) in [6.07, 6.45) is 2.43. The van der Waals surface area contributed by atoms with E-state index in [1.54, 1.807) is 7.11 Å². The molecule has 0 spiro atoms. The van der Waals surface area contributed by atoms with Gasteiger partial charge in [0.25, 0.3) is 0 Å². The lowest BCUT2D eigenvalue weighted by atomic mass is 10.0. The first kappa shape index (κ1) is 16.1. The maximum Gasteiger partial charge on any atom is 0.119 e. The fourth-order valence-electron chi connectivity index (χ4n) is 2.88. The topological polar surface area (TPSA) is 41.7 Å². The number of nitrogens with two attached hydrogens (primary N) is 1. The molecule has 1 atom stereocenters. The van der Waals surface area contributed by atoms with Gasteiger partial charge in [-0.15, -0.1) is 0 Å². The van der Waals surface area contributed by atoms with Crippen LogP contribution in [0.4, 0.5) is 5.69 Å². The van der Waals surface area contributed by atoms with E-state index in [1.165, 1.54) is 25.1 Å². The maximum atomic E-state index is 5.78. The standard InChI is InChI=1S/C17H29N3O/c1-3-15(14-18)8-9-19-10-12-20(13-11-19)16-4-6-17(21-2)7-5-16/h4-7,15H,3,8-14,18H2,1-2H3. The Bertz CT molecular complexity index is 395. The van der Waals surface area contributed by atoms with E-state index in [-0.39, 0.29) is 0 Å². The van der Waals surface area contributed by atoms with E-state index in [4.69, 9.17) is 10.5 Å². The van der Waals surface area contributed by atoms with Crippen LogP contribution in [0.15, 0.2) is 24.3 Å². The summed E-state index contributed by atoms with van der Waals surface area (Å²) >= 11 is 0. The van der Waals surface area contributed by atoms with Crippen molar-refractivity contribution >= 4 is 5.69 Å². The molecule has 0 aliphatic carbocycles. The smallest absolute Gasteiger partial charge is 0.119 e. The first-order chi connectivity index (χ1) is 10.3. The second kappa shape index (κ2) is 8.25. The Morgan fingerprint density at radius 2 is 1.81 bits per heavy atom. The lowest BCUT2D eigenvalue weighted by molar-refractivity contribution is 0.237. The third-order valence-corrected chi connectivity index (χ3v) is 4.57. The Balaban J connectivity index is 1.77. The lowest BCUT2D eigenvalue weighted by Crippen LogP contribution is -2.47. The predicted molar refractivity (Wildman–Crippen MR) is 89.1 cm³/mol. The van der Waals surface area contributed by atoms with Gasteiger partial charge in [0.05, 0.1) is 7.11 Å². The highest BCUT2D eigenvalue weighted by atomic mass is 16.5. The number of benzene rings is 1. The van der Waals surface area contributed by atoms with E-state index in [0.717, 1.165) is 38.5 Å². The fraction of sp³-hybridized carbons (Fsp3) is 0.647. The molecule has 0 bridgehead atoms. The summed E-state index contributed by atoms with van der Waals surface area (Å²) < 4.78 is 5.21. The molecule has 1 heterocycles. The molecule has 21 heavy (non-hydrogen) atoms. The number of anilines is 1. The molecule has 1 aliphatic heterocycles. The summed E-state index contributed by atoms with van der Waals surface area (Å²) in [7, 11) is 1.71. The average molecular weight is 291 g/mol. The van der Waals surface area contributed by atoms with Crippen LogP contribution in [0.5, 0.6) is 5.75 Å². The molecular weight excluding hydrogens is 262 g/mol. The minimum atomic E-state index is 0.685. The third kappa shape index (κ3) is 4.61. The summed E-state index contributed by atoms with van der Waals surface area (Å²) in [5.74, 6) is 1.61. The summed E-state index contributed by atoms with van der Waals surface area (Å²) in [5, 5.41) is 0. The summed E-state index contributed by atoms with van der Waals surface area (Å²) in [5.41, 5.74) is 7.08. The SMILES string of the molecule is CCC(CN)CCN1CCN(c2ccc(OC)cc2)CC1. The zero-order valence-corrected chi connectivity index (χ0v) is 13.4. The van der Waals surface area contributed by atoms with E-state index in [9.17, 15) is 0 Å². The third-order valence-electron chi connectivity index (χ3n) is 4.57. The molecular formula is C17H29N3O. The van der Waals surface area contributed by atoms with Crippen LogP contribution >= 0.6 is 0 Å². The molecule has 118 valence electrons. The molecule has 0 radical (unpaired) electrons. The van der Waals surface area contributed by atoms with Crippen LogP contribution < -0.4 is 15.4 Å². The van der Waals surface area contributed by atoms with Crippen molar-refractivity contribution in [3.63, 3.8) is 0 Å². The van der Waals surface area contributed by atoms with Gasteiger partial charge in [-0.3, -0.25) is 4.90 Å². The molecule has 0 aromatic heterocycles. The summed E-state index contributed by atoms with van der Waals surface area (Å²) in [6, 6.07) is 8.37. The van der Waals surface area contributed by atoms with Gasteiger partial charge in [0, 0.05) is 31.9 Å². The van der Waals surface area contributed by atoms with Gasteiger partial charge in [-0.05, 0) is 49.7 Å². The van der Waals surface area contributed by atoms with Crippen LogP contribution in [-0.4, -0.2) is 51.3 Å². The molecule has 0 amide bonds. The molecule has 4 nitrogen and oxygen atoms in total. The van der Waals surface area contributed by atoms with Crippen molar-refractivity contribution in [3.05, 3.63) is 24.3 Å². The van der Waals surface area contributed by atoms with Gasteiger partial charge in [-0.1, -0.05) is 13.3 Å². The number of methoxy groups -OCH3 is 1. The van der Waals surface area contributed by atoms with Crippen molar-refractivity contribution in [1.82, 2.24) is 4.90 Å². The Morgan fingerprint density at radius 1 is 1.14 bits per heavy atom. The highest BCUT2D eigenvalue weighted by molar-refractivity contribution is 5.49. The second-order valence-corrected chi connectivity index (χ2v) is 5.83. The Kier molecular flexibility index (Phi) is 6.33. The normalized spacial score (nSPS) is 17.8. The van der Waals surface area contributed by atoms with Gasteiger partial charge >= 0.3 is 0 Å². The van der Waals surface area contributed by atoms with E-state index in [0.29, 0.717) is 5.92 Å². The van der Waals surface area contributed by atoms with Crippen molar-refractivity contribution in [2.24, 2.45) is 11.7 Å². The maximum absolute atomic E-state index is 5.78. The van der Waals surface area contributed by atoms with E-state index < -0.39 is 0 Å².